The molecule has 0 radical (unpaired) electrons. The van der Waals surface area contributed by atoms with E-state index >= 15 is 0 Å². The van der Waals surface area contributed by atoms with Crippen LogP contribution in [-0.4, -0.2) is 17.0 Å². The van der Waals surface area contributed by atoms with E-state index < -0.39 is 11.5 Å². The lowest BCUT2D eigenvalue weighted by molar-refractivity contribution is -0.144. The number of carbonyl (C=O) groups is 2. The van der Waals surface area contributed by atoms with E-state index in [0.717, 1.165) is 23.1 Å². The highest BCUT2D eigenvalue weighted by molar-refractivity contribution is 6.00. The van der Waals surface area contributed by atoms with Crippen molar-refractivity contribution in [2.24, 2.45) is 5.92 Å². The molecule has 0 saturated carbocycles. The topological polar surface area (TPSA) is 66.4 Å². The number of amides is 1. The zero-order chi connectivity index (χ0) is 18.9. The number of rotatable bonds is 5. The molecule has 2 N–H and O–H groups in total. The average Bonchev–Trinajstić information content (AvgIpc) is 2.96. The minimum atomic E-state index is -1.35. The van der Waals surface area contributed by atoms with Crippen LogP contribution >= 0.6 is 0 Å². The van der Waals surface area contributed by atoms with E-state index in [0.29, 0.717) is 29.9 Å². The van der Waals surface area contributed by atoms with Gasteiger partial charge in [0.2, 0.25) is 0 Å². The SMILES string of the molecule is Cc1cccc(C(=O)NC2(C(=O)O)CCc3ccccc32)c1CC(C)C. The van der Waals surface area contributed by atoms with Crippen LogP contribution in [0.25, 0.3) is 0 Å². The molecule has 1 unspecified atom stereocenters. The van der Waals surface area contributed by atoms with Crippen molar-refractivity contribution >= 4 is 11.9 Å². The summed E-state index contributed by atoms with van der Waals surface area (Å²) in [5.41, 5.74) is 2.95. The third kappa shape index (κ3) is 3.12. The molecule has 0 bridgehead atoms. The molecule has 2 aromatic rings. The third-order valence-corrected chi connectivity index (χ3v) is 5.21. The van der Waals surface area contributed by atoms with Gasteiger partial charge in [-0.1, -0.05) is 50.2 Å². The van der Waals surface area contributed by atoms with Crippen LogP contribution in [0.3, 0.4) is 0 Å². The predicted molar refractivity (Wildman–Crippen MR) is 101 cm³/mol. The van der Waals surface area contributed by atoms with Gasteiger partial charge in [0, 0.05) is 5.56 Å². The Morgan fingerprint density at radius 2 is 1.88 bits per heavy atom. The normalized spacial score (nSPS) is 18.6. The molecule has 0 aliphatic heterocycles. The molecule has 0 fully saturated rings. The summed E-state index contributed by atoms with van der Waals surface area (Å²) in [5, 5.41) is 12.8. The molecule has 2 aromatic carbocycles. The van der Waals surface area contributed by atoms with Gasteiger partial charge in [0.05, 0.1) is 0 Å². The highest BCUT2D eigenvalue weighted by Gasteiger charge is 2.47. The van der Waals surface area contributed by atoms with Crippen molar-refractivity contribution in [2.75, 3.05) is 0 Å². The number of aryl methyl sites for hydroxylation is 2. The van der Waals surface area contributed by atoms with Crippen molar-refractivity contribution in [1.82, 2.24) is 5.32 Å². The Morgan fingerprint density at radius 3 is 2.58 bits per heavy atom. The van der Waals surface area contributed by atoms with Gasteiger partial charge in [0.1, 0.15) is 0 Å². The van der Waals surface area contributed by atoms with E-state index in [9.17, 15) is 14.7 Å². The first-order valence-corrected chi connectivity index (χ1v) is 9.08. The number of hydrogen-bond donors (Lipinski definition) is 2. The molecule has 1 amide bonds. The van der Waals surface area contributed by atoms with Crippen LogP contribution in [0.2, 0.25) is 0 Å². The maximum atomic E-state index is 13.1. The Hall–Kier alpha value is -2.62. The number of benzene rings is 2. The van der Waals surface area contributed by atoms with Gasteiger partial charge in [0.25, 0.3) is 5.91 Å². The fourth-order valence-electron chi connectivity index (χ4n) is 3.87. The number of hydrogen-bond acceptors (Lipinski definition) is 2. The molecule has 1 aliphatic rings. The summed E-state index contributed by atoms with van der Waals surface area (Å²) in [6.45, 7) is 6.21. The molecule has 3 rings (SSSR count). The molecule has 4 nitrogen and oxygen atoms in total. The number of carboxylic acid groups (broad SMARTS) is 1. The van der Waals surface area contributed by atoms with Crippen molar-refractivity contribution in [1.29, 1.82) is 0 Å². The van der Waals surface area contributed by atoms with E-state index in [-0.39, 0.29) is 5.91 Å². The predicted octanol–water partition coefficient (Wildman–Crippen LogP) is 3.85. The first-order chi connectivity index (χ1) is 12.3. The molecule has 0 spiro atoms. The lowest BCUT2D eigenvalue weighted by Gasteiger charge is -2.28. The zero-order valence-corrected chi connectivity index (χ0v) is 15.5. The second-order valence-corrected chi connectivity index (χ2v) is 7.52. The minimum Gasteiger partial charge on any atom is -0.479 e. The van der Waals surface area contributed by atoms with Crippen molar-refractivity contribution in [2.45, 2.75) is 45.6 Å². The molecule has 0 saturated heterocycles. The van der Waals surface area contributed by atoms with Crippen LogP contribution in [0, 0.1) is 12.8 Å². The largest absolute Gasteiger partial charge is 0.479 e. The Balaban J connectivity index is 2.00. The van der Waals surface area contributed by atoms with Crippen LogP contribution in [0.5, 0.6) is 0 Å². The summed E-state index contributed by atoms with van der Waals surface area (Å²) in [6.07, 6.45) is 1.81. The second kappa shape index (κ2) is 6.94. The van der Waals surface area contributed by atoms with E-state index in [2.05, 4.69) is 19.2 Å². The molecule has 0 aromatic heterocycles. The van der Waals surface area contributed by atoms with Gasteiger partial charge in [-0.25, -0.2) is 4.79 Å². The molecule has 1 aliphatic carbocycles. The van der Waals surface area contributed by atoms with Crippen LogP contribution in [0.4, 0.5) is 0 Å². The standard InChI is InChI=1S/C22H25NO3/c1-14(2)13-18-15(3)7-6-9-17(18)20(24)23-22(21(25)26)12-11-16-8-4-5-10-19(16)22/h4-10,14H,11-13H2,1-3H3,(H,23,24)(H,25,26). The summed E-state index contributed by atoms with van der Waals surface area (Å²) < 4.78 is 0. The highest BCUT2D eigenvalue weighted by atomic mass is 16.4. The summed E-state index contributed by atoms with van der Waals surface area (Å²) >= 11 is 0. The van der Waals surface area contributed by atoms with Gasteiger partial charge in [-0.2, -0.15) is 0 Å². The highest BCUT2D eigenvalue weighted by Crippen LogP contribution is 2.37. The van der Waals surface area contributed by atoms with Crippen molar-refractivity contribution < 1.29 is 14.7 Å². The maximum Gasteiger partial charge on any atom is 0.334 e. The van der Waals surface area contributed by atoms with Gasteiger partial charge in [-0.15, -0.1) is 0 Å². The van der Waals surface area contributed by atoms with Crippen molar-refractivity contribution in [3.63, 3.8) is 0 Å². The molecular weight excluding hydrogens is 326 g/mol. The first kappa shape index (κ1) is 18.2. The van der Waals surface area contributed by atoms with Gasteiger partial charge < -0.3 is 10.4 Å². The Labute approximate surface area is 154 Å². The van der Waals surface area contributed by atoms with Gasteiger partial charge in [0.15, 0.2) is 5.54 Å². The quantitative estimate of drug-likeness (QED) is 0.860. The summed E-state index contributed by atoms with van der Waals surface area (Å²) in [4.78, 5) is 25.3. The first-order valence-electron chi connectivity index (χ1n) is 9.08. The molecular formula is C22H25NO3. The van der Waals surface area contributed by atoms with Gasteiger partial charge >= 0.3 is 5.97 Å². The fraction of sp³-hybridized carbons (Fsp3) is 0.364. The fourth-order valence-corrected chi connectivity index (χ4v) is 3.87. The number of carboxylic acids is 1. The Bertz CT molecular complexity index is 856. The maximum absolute atomic E-state index is 13.1. The third-order valence-electron chi connectivity index (χ3n) is 5.21. The van der Waals surface area contributed by atoms with E-state index in [1.165, 1.54) is 0 Å². The summed E-state index contributed by atoms with van der Waals surface area (Å²) in [5.74, 6) is -0.916. The van der Waals surface area contributed by atoms with Crippen LogP contribution < -0.4 is 5.32 Å². The van der Waals surface area contributed by atoms with Crippen molar-refractivity contribution in [3.8, 4) is 0 Å². The zero-order valence-electron chi connectivity index (χ0n) is 15.5. The van der Waals surface area contributed by atoms with Crippen LogP contribution in [0.15, 0.2) is 42.5 Å². The molecule has 136 valence electrons. The van der Waals surface area contributed by atoms with Gasteiger partial charge in [-0.05, 0) is 60.4 Å². The lowest BCUT2D eigenvalue weighted by Crippen LogP contribution is -2.50. The van der Waals surface area contributed by atoms with E-state index in [1.54, 1.807) is 6.07 Å². The van der Waals surface area contributed by atoms with Crippen molar-refractivity contribution in [3.05, 3.63) is 70.3 Å². The molecule has 0 heterocycles. The van der Waals surface area contributed by atoms with Crippen LogP contribution in [0.1, 0.15) is 52.9 Å². The Morgan fingerprint density at radius 1 is 1.15 bits per heavy atom. The number of carbonyl (C=O) groups excluding carboxylic acids is 1. The summed E-state index contributed by atoms with van der Waals surface area (Å²) in [6, 6.07) is 13.1. The van der Waals surface area contributed by atoms with Crippen LogP contribution in [-0.2, 0) is 23.2 Å². The van der Waals surface area contributed by atoms with E-state index in [4.69, 9.17) is 0 Å². The Kier molecular flexibility index (Phi) is 4.86. The second-order valence-electron chi connectivity index (χ2n) is 7.52. The lowest BCUT2D eigenvalue weighted by atomic mass is 9.89. The van der Waals surface area contributed by atoms with Gasteiger partial charge in [-0.3, -0.25) is 4.79 Å². The smallest absolute Gasteiger partial charge is 0.334 e. The average molecular weight is 351 g/mol. The number of fused-ring (bicyclic) bond motifs is 1. The molecule has 26 heavy (non-hydrogen) atoms. The summed E-state index contributed by atoms with van der Waals surface area (Å²) in [7, 11) is 0. The van der Waals surface area contributed by atoms with E-state index in [1.807, 2.05) is 43.3 Å². The number of nitrogens with one attached hydrogen (secondary N) is 1. The molecule has 4 heteroatoms. The minimum absolute atomic E-state index is 0.316. The molecule has 1 atom stereocenters. The monoisotopic (exact) mass is 351 g/mol. The number of aliphatic carboxylic acids is 1.